The summed E-state index contributed by atoms with van der Waals surface area (Å²) in [6, 6.07) is -1.05. The van der Waals surface area contributed by atoms with Crippen molar-refractivity contribution < 1.29 is 49.3 Å². The second-order valence-corrected chi connectivity index (χ2v) is 21.4. The molecular formula is C64H115NO10. The van der Waals surface area contributed by atoms with Crippen molar-refractivity contribution in [2.75, 3.05) is 13.2 Å². The molecule has 0 aromatic heterocycles. The number of carbonyl (C=O) groups is 2. The standard InChI is InChI=1S/C64H115NO10/c1-4-7-10-13-16-19-22-24-26-28-29-30-32-34-37-40-43-46-49-52-59(69)75-62-61(71)60(70)58(53-66)74-64(62)73-54-55(56(67)50-47-44-41-38-35-21-18-15-12-9-6-3)65-63(72)57(68)51-48-45-42-39-36-33-31-27-25-23-20-17-14-11-8-5-2/h17,20,25,27,33,36,42,45,47,50,55-58,60-62,64,66-68,70-71H,4-16,18-19,21-24,26,28-32,34-35,37-41,43-44,46,48-49,51-54H2,1-3H3,(H,65,72)/b20-17-,27-25-,36-33-,45-42-,50-47+. The molecule has 11 heteroatoms. The first-order chi connectivity index (χ1) is 36.7. The van der Waals surface area contributed by atoms with Gasteiger partial charge < -0.3 is 45.1 Å². The Morgan fingerprint density at radius 2 is 0.920 bits per heavy atom. The predicted molar refractivity (Wildman–Crippen MR) is 310 cm³/mol. The number of esters is 1. The summed E-state index contributed by atoms with van der Waals surface area (Å²) in [5.41, 5.74) is 0. The Morgan fingerprint density at radius 1 is 0.520 bits per heavy atom. The van der Waals surface area contributed by atoms with Gasteiger partial charge in [-0.25, -0.2) is 0 Å². The highest BCUT2D eigenvalue weighted by Gasteiger charge is 2.47. The maximum absolute atomic E-state index is 13.4. The van der Waals surface area contributed by atoms with Crippen LogP contribution in [0.5, 0.6) is 0 Å². The topological polar surface area (TPSA) is 175 Å². The first-order valence-corrected chi connectivity index (χ1v) is 31.1. The lowest BCUT2D eigenvalue weighted by Crippen LogP contribution is -2.61. The lowest BCUT2D eigenvalue weighted by atomic mass is 9.99. The summed E-state index contributed by atoms with van der Waals surface area (Å²) in [5.74, 6) is -1.25. The Morgan fingerprint density at radius 3 is 1.40 bits per heavy atom. The third-order valence-corrected chi connectivity index (χ3v) is 14.4. The number of rotatable bonds is 52. The van der Waals surface area contributed by atoms with E-state index in [9.17, 15) is 35.1 Å². The van der Waals surface area contributed by atoms with Crippen molar-refractivity contribution >= 4 is 11.9 Å². The number of hydrogen-bond donors (Lipinski definition) is 6. The van der Waals surface area contributed by atoms with Crippen molar-refractivity contribution in [2.24, 2.45) is 0 Å². The Balaban J connectivity index is 2.69. The zero-order chi connectivity index (χ0) is 54.7. The molecule has 8 unspecified atom stereocenters. The summed E-state index contributed by atoms with van der Waals surface area (Å²) in [7, 11) is 0. The van der Waals surface area contributed by atoms with Gasteiger partial charge in [0.25, 0.3) is 0 Å². The molecule has 436 valence electrons. The van der Waals surface area contributed by atoms with E-state index in [1.54, 1.807) is 6.08 Å². The molecule has 1 aliphatic heterocycles. The minimum Gasteiger partial charge on any atom is -0.454 e. The van der Waals surface area contributed by atoms with Gasteiger partial charge in [-0.05, 0) is 64.2 Å². The Labute approximate surface area is 458 Å². The Hall–Kier alpha value is -2.64. The van der Waals surface area contributed by atoms with Crippen molar-refractivity contribution in [3.05, 3.63) is 60.8 Å². The van der Waals surface area contributed by atoms with Crippen LogP contribution in [0.15, 0.2) is 60.8 Å². The fraction of sp³-hybridized carbons (Fsp3) is 0.812. The number of aliphatic hydroxyl groups is 5. The summed E-state index contributed by atoms with van der Waals surface area (Å²) < 4.78 is 17.6. The molecule has 0 radical (unpaired) electrons. The molecule has 0 saturated carbocycles. The molecule has 8 atom stereocenters. The van der Waals surface area contributed by atoms with Crippen LogP contribution >= 0.6 is 0 Å². The van der Waals surface area contributed by atoms with Crippen molar-refractivity contribution in [1.82, 2.24) is 5.32 Å². The largest absolute Gasteiger partial charge is 0.454 e. The summed E-state index contributed by atoms with van der Waals surface area (Å²) in [6.45, 7) is 5.73. The fourth-order valence-electron chi connectivity index (χ4n) is 9.47. The first-order valence-electron chi connectivity index (χ1n) is 31.1. The second-order valence-electron chi connectivity index (χ2n) is 21.4. The van der Waals surface area contributed by atoms with Crippen molar-refractivity contribution in [3.63, 3.8) is 0 Å². The molecule has 0 spiro atoms. The summed E-state index contributed by atoms with van der Waals surface area (Å²) in [5, 5.41) is 56.8. The van der Waals surface area contributed by atoms with Gasteiger partial charge in [-0.3, -0.25) is 9.59 Å². The fourth-order valence-corrected chi connectivity index (χ4v) is 9.47. The van der Waals surface area contributed by atoms with Crippen molar-refractivity contribution in [2.45, 2.75) is 320 Å². The third-order valence-electron chi connectivity index (χ3n) is 14.4. The smallest absolute Gasteiger partial charge is 0.306 e. The van der Waals surface area contributed by atoms with Crippen LogP contribution in [-0.4, -0.2) is 99.6 Å². The number of nitrogens with one attached hydrogen (secondary N) is 1. The predicted octanol–water partition coefficient (Wildman–Crippen LogP) is 14.6. The van der Waals surface area contributed by atoms with Crippen LogP contribution < -0.4 is 5.32 Å². The van der Waals surface area contributed by atoms with E-state index in [0.717, 1.165) is 70.6 Å². The summed E-state index contributed by atoms with van der Waals surface area (Å²) >= 11 is 0. The molecular weight excluding hydrogens is 943 g/mol. The van der Waals surface area contributed by atoms with Gasteiger partial charge in [0.05, 0.1) is 25.4 Å². The van der Waals surface area contributed by atoms with Crippen LogP contribution in [0.3, 0.4) is 0 Å². The summed E-state index contributed by atoms with van der Waals surface area (Å²) in [6.07, 6.45) is 54.2. The van der Waals surface area contributed by atoms with E-state index in [-0.39, 0.29) is 19.4 Å². The van der Waals surface area contributed by atoms with Gasteiger partial charge in [-0.2, -0.15) is 0 Å². The van der Waals surface area contributed by atoms with Crippen LogP contribution in [0.1, 0.15) is 271 Å². The molecule has 1 aliphatic rings. The maximum atomic E-state index is 13.4. The van der Waals surface area contributed by atoms with E-state index in [4.69, 9.17) is 14.2 Å². The molecule has 0 aliphatic carbocycles. The molecule has 0 aromatic rings. The van der Waals surface area contributed by atoms with Crippen LogP contribution in [0.2, 0.25) is 0 Å². The molecule has 1 saturated heterocycles. The molecule has 6 N–H and O–H groups in total. The Bertz CT molecular complexity index is 1450. The van der Waals surface area contributed by atoms with Crippen molar-refractivity contribution in [3.8, 4) is 0 Å². The van der Waals surface area contributed by atoms with Gasteiger partial charge in [0.2, 0.25) is 5.91 Å². The molecule has 1 heterocycles. The van der Waals surface area contributed by atoms with E-state index in [0.29, 0.717) is 12.8 Å². The van der Waals surface area contributed by atoms with Gasteiger partial charge in [-0.15, -0.1) is 0 Å². The highest BCUT2D eigenvalue weighted by Crippen LogP contribution is 2.26. The minimum atomic E-state index is -1.62. The Kier molecular flexibility index (Phi) is 48.9. The molecule has 11 nitrogen and oxygen atoms in total. The lowest BCUT2D eigenvalue weighted by Gasteiger charge is -2.41. The van der Waals surface area contributed by atoms with E-state index in [1.165, 1.54) is 154 Å². The SMILES string of the molecule is CCCCC/C=C\C/C=C\C/C=C\C/C=C\CCC(O)C(=O)NC(COC1OC(CO)C(O)C(O)C1OC(=O)CCCCCCCCCCCCCCCCCCCCC)C(O)/C=C/CCCCCCCCCCC. The molecule has 0 aromatic carbocycles. The number of allylic oxidation sites excluding steroid dienone is 9. The van der Waals surface area contributed by atoms with Gasteiger partial charge in [0, 0.05) is 6.42 Å². The number of unbranched alkanes of at least 4 members (excludes halogenated alkanes) is 30. The molecule has 1 rings (SSSR count). The van der Waals surface area contributed by atoms with Gasteiger partial charge in [-0.1, -0.05) is 261 Å². The zero-order valence-electron chi connectivity index (χ0n) is 48.2. The van der Waals surface area contributed by atoms with Gasteiger partial charge in [0.1, 0.15) is 24.4 Å². The van der Waals surface area contributed by atoms with Crippen LogP contribution in [0, 0.1) is 0 Å². The average Bonchev–Trinajstić information content (AvgIpc) is 3.41. The molecule has 1 fully saturated rings. The van der Waals surface area contributed by atoms with Crippen molar-refractivity contribution in [1.29, 1.82) is 0 Å². The number of carbonyl (C=O) groups excluding carboxylic acids is 2. The van der Waals surface area contributed by atoms with Crippen LogP contribution in [0.4, 0.5) is 0 Å². The second kappa shape index (κ2) is 52.1. The summed E-state index contributed by atoms with van der Waals surface area (Å²) in [4.78, 5) is 26.5. The number of aliphatic hydroxyl groups excluding tert-OH is 5. The monoisotopic (exact) mass is 1060 g/mol. The quantitative estimate of drug-likeness (QED) is 0.0195. The number of hydrogen-bond acceptors (Lipinski definition) is 10. The highest BCUT2D eigenvalue weighted by molar-refractivity contribution is 5.80. The van der Waals surface area contributed by atoms with E-state index in [2.05, 4.69) is 62.5 Å². The highest BCUT2D eigenvalue weighted by atomic mass is 16.7. The van der Waals surface area contributed by atoms with Crippen LogP contribution in [-0.2, 0) is 23.8 Å². The van der Waals surface area contributed by atoms with Gasteiger partial charge >= 0.3 is 5.97 Å². The molecule has 75 heavy (non-hydrogen) atoms. The van der Waals surface area contributed by atoms with E-state index >= 15 is 0 Å². The number of amides is 1. The maximum Gasteiger partial charge on any atom is 0.306 e. The number of ether oxygens (including phenoxy) is 3. The molecule has 1 amide bonds. The zero-order valence-corrected chi connectivity index (χ0v) is 48.2. The van der Waals surface area contributed by atoms with E-state index in [1.807, 2.05) is 18.2 Å². The van der Waals surface area contributed by atoms with Gasteiger partial charge in [0.15, 0.2) is 12.4 Å². The third kappa shape index (κ3) is 40.2. The normalized spacial score (nSPS) is 19.6. The molecule has 0 bridgehead atoms. The first kappa shape index (κ1) is 70.4. The lowest BCUT2D eigenvalue weighted by molar-refractivity contribution is -0.305. The minimum absolute atomic E-state index is 0.119. The average molecular weight is 1060 g/mol. The van der Waals surface area contributed by atoms with Crippen LogP contribution in [0.25, 0.3) is 0 Å². The van der Waals surface area contributed by atoms with E-state index < -0.39 is 67.4 Å².